The number of halogens is 3. The minimum atomic E-state index is -4.52. The second kappa shape index (κ2) is 9.59. The Labute approximate surface area is 217 Å². The van der Waals surface area contributed by atoms with Crippen molar-refractivity contribution in [2.45, 2.75) is 12.7 Å². The number of rotatable bonds is 6. The van der Waals surface area contributed by atoms with E-state index in [0.29, 0.717) is 34.7 Å². The van der Waals surface area contributed by atoms with Crippen molar-refractivity contribution in [3.05, 3.63) is 133 Å². The largest absolute Gasteiger partial charge is 0.455 e. The van der Waals surface area contributed by atoms with Gasteiger partial charge in [-0.1, -0.05) is 66.7 Å². The van der Waals surface area contributed by atoms with Gasteiger partial charge < -0.3 is 9.30 Å². The standard InChI is InChI=1S/C31H22F3N3O/c32-31(33,34)26-15-9-14-25-29(26)35-37(21-22-10-2-1-3-11-22)30(25)23-12-8-13-24(20-23)38-28-17-5-4-16-27(28)36-18-6-7-19-36/h1-20H,21H2. The highest BCUT2D eigenvalue weighted by atomic mass is 19.4. The molecule has 0 fully saturated rings. The Balaban J connectivity index is 1.47. The topological polar surface area (TPSA) is 32.0 Å². The van der Waals surface area contributed by atoms with Gasteiger partial charge in [0.25, 0.3) is 0 Å². The van der Waals surface area contributed by atoms with Crippen LogP contribution in [0.25, 0.3) is 27.8 Å². The average molecular weight is 510 g/mol. The first-order chi connectivity index (χ1) is 18.5. The van der Waals surface area contributed by atoms with Crippen LogP contribution in [0.15, 0.2) is 122 Å². The van der Waals surface area contributed by atoms with Crippen molar-refractivity contribution in [1.82, 2.24) is 14.3 Å². The summed E-state index contributed by atoms with van der Waals surface area (Å²) >= 11 is 0. The molecule has 4 nitrogen and oxygen atoms in total. The molecule has 0 radical (unpaired) electrons. The first-order valence-corrected chi connectivity index (χ1v) is 12.1. The molecule has 188 valence electrons. The molecular formula is C31H22F3N3O. The van der Waals surface area contributed by atoms with Crippen LogP contribution in [-0.2, 0) is 12.7 Å². The summed E-state index contributed by atoms with van der Waals surface area (Å²) in [6.45, 7) is 0.323. The van der Waals surface area contributed by atoms with Crippen LogP contribution in [0, 0.1) is 0 Å². The predicted octanol–water partition coefficient (Wildman–Crippen LogP) is 8.35. The maximum atomic E-state index is 13.9. The summed E-state index contributed by atoms with van der Waals surface area (Å²) < 4.78 is 51.5. The van der Waals surface area contributed by atoms with Crippen molar-refractivity contribution in [3.8, 4) is 28.4 Å². The summed E-state index contributed by atoms with van der Waals surface area (Å²) in [4.78, 5) is 0. The fourth-order valence-electron chi connectivity index (χ4n) is 4.64. The zero-order valence-electron chi connectivity index (χ0n) is 20.1. The summed E-state index contributed by atoms with van der Waals surface area (Å²) in [7, 11) is 0. The third-order valence-electron chi connectivity index (χ3n) is 6.33. The molecule has 2 heterocycles. The molecular weight excluding hydrogens is 487 g/mol. The lowest BCUT2D eigenvalue weighted by Gasteiger charge is -2.14. The lowest BCUT2D eigenvalue weighted by atomic mass is 10.0. The van der Waals surface area contributed by atoms with E-state index in [-0.39, 0.29) is 5.52 Å². The Kier molecular flexibility index (Phi) is 5.96. The van der Waals surface area contributed by atoms with Crippen LogP contribution in [0.3, 0.4) is 0 Å². The Morgan fingerprint density at radius 1 is 0.737 bits per heavy atom. The number of hydrogen-bond acceptors (Lipinski definition) is 2. The molecule has 4 aromatic carbocycles. The maximum absolute atomic E-state index is 13.9. The molecule has 0 aliphatic heterocycles. The summed E-state index contributed by atoms with van der Waals surface area (Å²) in [6, 6.07) is 32.7. The molecule has 0 spiro atoms. The van der Waals surface area contributed by atoms with Crippen LogP contribution in [0.4, 0.5) is 13.2 Å². The molecule has 0 saturated carbocycles. The van der Waals surface area contributed by atoms with Gasteiger partial charge in [-0.15, -0.1) is 0 Å². The molecule has 0 saturated heterocycles. The maximum Gasteiger partial charge on any atom is 0.418 e. The first-order valence-electron chi connectivity index (χ1n) is 12.1. The number of ether oxygens (including phenoxy) is 1. The Morgan fingerprint density at radius 2 is 1.47 bits per heavy atom. The minimum absolute atomic E-state index is 0.0739. The van der Waals surface area contributed by atoms with Crippen LogP contribution >= 0.6 is 0 Å². The fourth-order valence-corrected chi connectivity index (χ4v) is 4.64. The minimum Gasteiger partial charge on any atom is -0.455 e. The molecule has 0 amide bonds. The third-order valence-corrected chi connectivity index (χ3v) is 6.33. The SMILES string of the molecule is FC(F)(F)c1cccc2c(-c3cccc(Oc4ccccc4-n4cccc4)c3)n(Cc3ccccc3)nc12. The van der Waals surface area contributed by atoms with Gasteiger partial charge in [-0.2, -0.15) is 18.3 Å². The molecule has 38 heavy (non-hydrogen) atoms. The number of benzene rings is 4. The normalized spacial score (nSPS) is 11.7. The Hall–Kier alpha value is -4.78. The zero-order valence-corrected chi connectivity index (χ0v) is 20.1. The van der Waals surface area contributed by atoms with Gasteiger partial charge in [0.2, 0.25) is 0 Å². The number of fused-ring (bicyclic) bond motifs is 1. The highest BCUT2D eigenvalue weighted by Gasteiger charge is 2.34. The van der Waals surface area contributed by atoms with Crippen molar-refractivity contribution in [1.29, 1.82) is 0 Å². The molecule has 0 atom stereocenters. The van der Waals surface area contributed by atoms with Crippen molar-refractivity contribution in [2.24, 2.45) is 0 Å². The van der Waals surface area contributed by atoms with Crippen molar-refractivity contribution >= 4 is 10.9 Å². The van der Waals surface area contributed by atoms with Crippen LogP contribution in [0.1, 0.15) is 11.1 Å². The van der Waals surface area contributed by atoms with Gasteiger partial charge in [0.05, 0.1) is 23.5 Å². The second-order valence-corrected chi connectivity index (χ2v) is 8.88. The van der Waals surface area contributed by atoms with E-state index in [9.17, 15) is 13.2 Å². The van der Waals surface area contributed by atoms with E-state index in [2.05, 4.69) is 5.10 Å². The second-order valence-electron chi connectivity index (χ2n) is 8.88. The van der Waals surface area contributed by atoms with Crippen LogP contribution in [0.2, 0.25) is 0 Å². The van der Waals surface area contributed by atoms with Crippen LogP contribution in [0.5, 0.6) is 11.5 Å². The van der Waals surface area contributed by atoms with Gasteiger partial charge in [-0.25, -0.2) is 0 Å². The van der Waals surface area contributed by atoms with Crippen molar-refractivity contribution < 1.29 is 17.9 Å². The van der Waals surface area contributed by atoms with E-state index >= 15 is 0 Å². The number of alkyl halides is 3. The zero-order chi connectivity index (χ0) is 26.1. The van der Waals surface area contributed by atoms with Gasteiger partial charge in [0, 0.05) is 23.3 Å². The fraction of sp³-hybridized carbons (Fsp3) is 0.0645. The van der Waals surface area contributed by atoms with Crippen LogP contribution in [-0.4, -0.2) is 14.3 Å². The molecule has 0 N–H and O–H groups in total. The van der Waals surface area contributed by atoms with Gasteiger partial charge in [0.15, 0.2) is 5.75 Å². The van der Waals surface area contributed by atoms with E-state index < -0.39 is 11.7 Å². The van der Waals surface area contributed by atoms with E-state index in [4.69, 9.17) is 4.74 Å². The molecule has 0 aliphatic carbocycles. The molecule has 0 aliphatic rings. The van der Waals surface area contributed by atoms with Gasteiger partial charge in [0.1, 0.15) is 11.3 Å². The van der Waals surface area contributed by atoms with E-state index in [1.54, 1.807) is 10.7 Å². The molecule has 0 bridgehead atoms. The lowest BCUT2D eigenvalue weighted by Crippen LogP contribution is -2.06. The quantitative estimate of drug-likeness (QED) is 0.226. The number of aromatic nitrogens is 3. The van der Waals surface area contributed by atoms with Gasteiger partial charge in [-0.3, -0.25) is 4.68 Å². The van der Waals surface area contributed by atoms with Crippen molar-refractivity contribution in [2.75, 3.05) is 0 Å². The van der Waals surface area contributed by atoms with E-state index in [0.717, 1.165) is 17.3 Å². The third kappa shape index (κ3) is 4.54. The Morgan fingerprint density at radius 3 is 2.26 bits per heavy atom. The molecule has 2 aromatic heterocycles. The Bertz CT molecular complexity index is 1700. The number of para-hydroxylation sites is 2. The smallest absolute Gasteiger partial charge is 0.418 e. The predicted molar refractivity (Wildman–Crippen MR) is 142 cm³/mol. The summed E-state index contributed by atoms with van der Waals surface area (Å²) in [5.74, 6) is 1.22. The van der Waals surface area contributed by atoms with E-state index in [1.165, 1.54) is 6.07 Å². The molecule has 6 rings (SSSR count). The monoisotopic (exact) mass is 509 g/mol. The molecule has 7 heteroatoms. The lowest BCUT2D eigenvalue weighted by molar-refractivity contribution is -0.136. The summed E-state index contributed by atoms with van der Waals surface area (Å²) in [5.41, 5.74) is 2.28. The number of nitrogens with zero attached hydrogens (tertiary/aromatic N) is 3. The molecule has 6 aromatic rings. The van der Waals surface area contributed by atoms with Crippen molar-refractivity contribution in [3.63, 3.8) is 0 Å². The highest BCUT2D eigenvalue weighted by molar-refractivity contribution is 5.95. The first kappa shape index (κ1) is 23.6. The summed E-state index contributed by atoms with van der Waals surface area (Å²) in [5, 5.41) is 4.90. The van der Waals surface area contributed by atoms with E-state index in [1.807, 2.05) is 108 Å². The average Bonchev–Trinajstić information content (AvgIpc) is 3.57. The number of hydrogen-bond donors (Lipinski definition) is 0. The highest BCUT2D eigenvalue weighted by Crippen LogP contribution is 2.39. The molecule has 0 unspecified atom stereocenters. The van der Waals surface area contributed by atoms with Crippen LogP contribution < -0.4 is 4.74 Å². The van der Waals surface area contributed by atoms with Gasteiger partial charge in [-0.05, 0) is 48.0 Å². The van der Waals surface area contributed by atoms with Gasteiger partial charge >= 0.3 is 6.18 Å². The summed E-state index contributed by atoms with van der Waals surface area (Å²) in [6.07, 6.45) is -0.647.